The average molecular weight is 331 g/mol. The van der Waals surface area contributed by atoms with Crippen molar-refractivity contribution >= 4 is 5.91 Å². The summed E-state index contributed by atoms with van der Waals surface area (Å²) in [5.74, 6) is -0.114. The van der Waals surface area contributed by atoms with Crippen LogP contribution in [0.25, 0.3) is 0 Å². The zero-order valence-corrected chi connectivity index (χ0v) is 14.0. The number of amides is 1. The van der Waals surface area contributed by atoms with Gasteiger partial charge in [0.2, 0.25) is 5.91 Å². The van der Waals surface area contributed by atoms with E-state index in [0.29, 0.717) is 13.1 Å². The van der Waals surface area contributed by atoms with E-state index in [-0.39, 0.29) is 30.0 Å². The fourth-order valence-corrected chi connectivity index (χ4v) is 3.02. The molecule has 1 fully saturated rings. The second-order valence-corrected chi connectivity index (χ2v) is 6.17. The number of methoxy groups -OCH3 is 1. The first-order valence-corrected chi connectivity index (χ1v) is 7.82. The summed E-state index contributed by atoms with van der Waals surface area (Å²) in [4.78, 5) is 26.2. The third-order valence-electron chi connectivity index (χ3n) is 4.38. The molecule has 2 aromatic heterocycles. The fraction of sp³-hybridized carbons (Fsp3) is 0.500. The predicted octanol–water partition coefficient (Wildman–Crippen LogP) is -0.0738. The number of likely N-dealkylation sites (tertiary alicyclic amines) is 1. The highest BCUT2D eigenvalue weighted by atomic mass is 16.5. The Morgan fingerprint density at radius 2 is 2.21 bits per heavy atom. The second kappa shape index (κ2) is 6.56. The van der Waals surface area contributed by atoms with E-state index < -0.39 is 0 Å². The molecule has 8 nitrogen and oxygen atoms in total. The molecule has 0 aliphatic carbocycles. The van der Waals surface area contributed by atoms with Crippen LogP contribution >= 0.6 is 0 Å². The first-order chi connectivity index (χ1) is 11.5. The number of carbonyl (C=O) groups excluding carboxylic acids is 1. The summed E-state index contributed by atoms with van der Waals surface area (Å²) in [5.41, 5.74) is 1.52. The fourth-order valence-electron chi connectivity index (χ4n) is 3.02. The molecule has 0 N–H and O–H groups in total. The molecule has 8 heteroatoms. The lowest BCUT2D eigenvalue weighted by molar-refractivity contribution is -0.131. The maximum absolute atomic E-state index is 12.6. The van der Waals surface area contributed by atoms with Crippen LogP contribution in [0.5, 0.6) is 0 Å². The van der Waals surface area contributed by atoms with Crippen LogP contribution in [0.4, 0.5) is 0 Å². The molecule has 0 spiro atoms. The van der Waals surface area contributed by atoms with Gasteiger partial charge >= 0.3 is 0 Å². The minimum Gasteiger partial charge on any atom is -0.379 e. The Balaban J connectivity index is 1.73. The van der Waals surface area contributed by atoms with E-state index in [4.69, 9.17) is 4.74 Å². The highest BCUT2D eigenvalue weighted by Crippen LogP contribution is 2.28. The summed E-state index contributed by atoms with van der Waals surface area (Å²) < 4.78 is 8.58. The quantitative estimate of drug-likeness (QED) is 0.783. The zero-order chi connectivity index (χ0) is 17.3. The van der Waals surface area contributed by atoms with Gasteiger partial charge < -0.3 is 14.2 Å². The molecule has 1 amide bonds. The Morgan fingerprint density at radius 1 is 1.42 bits per heavy atom. The van der Waals surface area contributed by atoms with Gasteiger partial charge in [0.1, 0.15) is 6.54 Å². The van der Waals surface area contributed by atoms with E-state index in [0.717, 1.165) is 11.3 Å². The molecule has 1 aliphatic rings. The van der Waals surface area contributed by atoms with Gasteiger partial charge in [-0.2, -0.15) is 0 Å². The van der Waals surface area contributed by atoms with Crippen molar-refractivity contribution in [2.75, 3.05) is 20.2 Å². The predicted molar refractivity (Wildman–Crippen MR) is 86.6 cm³/mol. The average Bonchev–Trinajstić information content (AvgIpc) is 3.15. The third kappa shape index (κ3) is 3.23. The van der Waals surface area contributed by atoms with Crippen molar-refractivity contribution in [3.8, 4) is 0 Å². The van der Waals surface area contributed by atoms with Crippen molar-refractivity contribution in [3.05, 3.63) is 46.1 Å². The van der Waals surface area contributed by atoms with E-state index in [1.807, 2.05) is 19.2 Å². The number of ether oxygens (including phenoxy) is 1. The van der Waals surface area contributed by atoms with Crippen molar-refractivity contribution in [3.63, 3.8) is 0 Å². The highest BCUT2D eigenvalue weighted by molar-refractivity contribution is 5.76. The van der Waals surface area contributed by atoms with Crippen LogP contribution < -0.4 is 5.56 Å². The molecule has 1 aliphatic heterocycles. The van der Waals surface area contributed by atoms with Crippen molar-refractivity contribution < 1.29 is 9.53 Å². The van der Waals surface area contributed by atoms with Crippen LogP contribution in [-0.4, -0.2) is 56.7 Å². The van der Waals surface area contributed by atoms with E-state index >= 15 is 0 Å². The lowest BCUT2D eigenvalue weighted by Crippen LogP contribution is -2.35. The summed E-state index contributed by atoms with van der Waals surface area (Å²) >= 11 is 0. The summed E-state index contributed by atoms with van der Waals surface area (Å²) in [6.45, 7) is 2.87. The number of hydrogen-bond donors (Lipinski definition) is 0. The van der Waals surface area contributed by atoms with Crippen molar-refractivity contribution in [2.24, 2.45) is 7.05 Å². The van der Waals surface area contributed by atoms with Crippen LogP contribution in [-0.2, 0) is 23.1 Å². The minimum atomic E-state index is -0.170. The van der Waals surface area contributed by atoms with Gasteiger partial charge in [-0.15, -0.1) is 5.10 Å². The SMILES string of the molecule is CO[C@@H]1CN(C(=O)Cn2ccc(C)cc2=O)C[C@H]1c1cn(C)nn1. The van der Waals surface area contributed by atoms with Crippen LogP contribution in [0.1, 0.15) is 17.2 Å². The number of nitrogens with zero attached hydrogens (tertiary/aromatic N) is 5. The normalized spacial score (nSPS) is 20.5. The smallest absolute Gasteiger partial charge is 0.251 e. The van der Waals surface area contributed by atoms with Crippen molar-refractivity contribution in [2.45, 2.75) is 25.5 Å². The molecule has 24 heavy (non-hydrogen) atoms. The lowest BCUT2D eigenvalue weighted by atomic mass is 10.0. The standard InChI is InChI=1S/C16H21N5O3/c1-11-4-5-20(15(22)6-11)10-16(23)21-7-12(14(9-21)24-3)13-8-19(2)18-17-13/h4-6,8,12,14H,7,9-10H2,1-3H3/t12-,14+/m0/s1. The van der Waals surface area contributed by atoms with Crippen LogP contribution in [0, 0.1) is 6.92 Å². The van der Waals surface area contributed by atoms with E-state index in [9.17, 15) is 9.59 Å². The molecule has 1 saturated heterocycles. The summed E-state index contributed by atoms with van der Waals surface area (Å²) in [6.07, 6.45) is 3.37. The van der Waals surface area contributed by atoms with Gasteiger partial charge in [0.15, 0.2) is 0 Å². The van der Waals surface area contributed by atoms with E-state index in [2.05, 4.69) is 10.3 Å². The molecule has 2 atom stereocenters. The van der Waals surface area contributed by atoms with E-state index in [1.54, 1.807) is 29.9 Å². The van der Waals surface area contributed by atoms with E-state index in [1.165, 1.54) is 10.6 Å². The Bertz CT molecular complexity index is 797. The molecule has 0 bridgehead atoms. The summed E-state index contributed by atoms with van der Waals surface area (Å²) in [5, 5.41) is 8.09. The van der Waals surface area contributed by atoms with Gasteiger partial charge in [-0.3, -0.25) is 14.3 Å². The van der Waals surface area contributed by atoms with Gasteiger partial charge in [-0.1, -0.05) is 5.21 Å². The van der Waals surface area contributed by atoms with Gasteiger partial charge in [0.25, 0.3) is 5.56 Å². The number of carbonyl (C=O) groups is 1. The van der Waals surface area contributed by atoms with Crippen LogP contribution in [0.2, 0.25) is 0 Å². The summed E-state index contributed by atoms with van der Waals surface area (Å²) in [6, 6.07) is 3.34. The minimum absolute atomic E-state index is 0.0117. The molecule has 0 saturated carbocycles. The van der Waals surface area contributed by atoms with Gasteiger partial charge in [0.05, 0.1) is 17.7 Å². The van der Waals surface area contributed by atoms with Gasteiger partial charge in [-0.25, -0.2) is 0 Å². The molecule has 3 rings (SSSR count). The van der Waals surface area contributed by atoms with Gasteiger partial charge in [-0.05, 0) is 18.6 Å². The number of aryl methyl sites for hydroxylation is 2. The van der Waals surface area contributed by atoms with Crippen LogP contribution in [0.15, 0.2) is 29.3 Å². The topological polar surface area (TPSA) is 82.2 Å². The Labute approximate surface area is 139 Å². The largest absolute Gasteiger partial charge is 0.379 e. The number of hydrogen-bond acceptors (Lipinski definition) is 5. The lowest BCUT2D eigenvalue weighted by Gasteiger charge is -2.16. The monoisotopic (exact) mass is 331 g/mol. The molecule has 3 heterocycles. The number of rotatable bonds is 4. The molecule has 0 aromatic carbocycles. The summed E-state index contributed by atoms with van der Waals surface area (Å²) in [7, 11) is 3.44. The van der Waals surface area contributed by atoms with Crippen molar-refractivity contribution in [1.82, 2.24) is 24.5 Å². The molecule has 128 valence electrons. The highest BCUT2D eigenvalue weighted by Gasteiger charge is 2.37. The third-order valence-corrected chi connectivity index (χ3v) is 4.38. The zero-order valence-electron chi connectivity index (χ0n) is 14.0. The Kier molecular flexibility index (Phi) is 4.48. The number of aromatic nitrogens is 4. The van der Waals surface area contributed by atoms with Crippen LogP contribution in [0.3, 0.4) is 0 Å². The molecule has 0 unspecified atom stereocenters. The number of pyridine rings is 1. The maximum atomic E-state index is 12.6. The maximum Gasteiger partial charge on any atom is 0.251 e. The Morgan fingerprint density at radius 3 is 2.83 bits per heavy atom. The second-order valence-electron chi connectivity index (χ2n) is 6.17. The molecular weight excluding hydrogens is 310 g/mol. The molecule has 0 radical (unpaired) electrons. The first-order valence-electron chi connectivity index (χ1n) is 7.82. The first kappa shape index (κ1) is 16.4. The van der Waals surface area contributed by atoms with Gasteiger partial charge in [0, 0.05) is 45.7 Å². The molecular formula is C16H21N5O3. The Hall–Kier alpha value is -2.48. The van der Waals surface area contributed by atoms with Crippen molar-refractivity contribution in [1.29, 1.82) is 0 Å². The molecule has 2 aromatic rings.